The summed E-state index contributed by atoms with van der Waals surface area (Å²) in [6.45, 7) is 1.51. The topological polar surface area (TPSA) is 32.3 Å². The average Bonchev–Trinajstić information content (AvgIpc) is 2.18. The average molecular weight is 230 g/mol. The fourth-order valence-electron chi connectivity index (χ4n) is 1.98. The van der Waals surface area contributed by atoms with Crippen LogP contribution in [0.2, 0.25) is 5.02 Å². The van der Waals surface area contributed by atoms with Crippen molar-refractivity contribution in [3.8, 4) is 0 Å². The van der Waals surface area contributed by atoms with Crippen LogP contribution in [-0.2, 0) is 5.60 Å². The van der Waals surface area contributed by atoms with E-state index in [-0.39, 0.29) is 5.82 Å². The summed E-state index contributed by atoms with van der Waals surface area (Å²) in [7, 11) is 0. The van der Waals surface area contributed by atoms with Crippen molar-refractivity contribution in [3.05, 3.63) is 34.6 Å². The molecule has 15 heavy (non-hydrogen) atoms. The summed E-state index contributed by atoms with van der Waals surface area (Å²) in [5, 5.41) is 13.8. The van der Waals surface area contributed by atoms with Crippen LogP contribution >= 0.6 is 11.6 Å². The van der Waals surface area contributed by atoms with Crippen molar-refractivity contribution < 1.29 is 9.50 Å². The first-order chi connectivity index (χ1) is 7.12. The Morgan fingerprint density at radius 2 is 2.00 bits per heavy atom. The summed E-state index contributed by atoms with van der Waals surface area (Å²) in [6, 6.07) is 4.15. The molecule has 2 nitrogen and oxygen atoms in total. The lowest BCUT2D eigenvalue weighted by Crippen LogP contribution is -2.39. The number of benzene rings is 1. The Hall–Kier alpha value is -0.640. The molecule has 4 heteroatoms. The van der Waals surface area contributed by atoms with Gasteiger partial charge >= 0.3 is 0 Å². The fourth-order valence-corrected chi connectivity index (χ4v) is 2.32. The number of halogens is 2. The monoisotopic (exact) mass is 229 g/mol. The molecule has 1 aliphatic heterocycles. The highest BCUT2D eigenvalue weighted by Crippen LogP contribution is 2.35. The van der Waals surface area contributed by atoms with Gasteiger partial charge in [0.2, 0.25) is 0 Å². The standard InChI is InChI=1S/C11H13ClFNO/c12-10-7-8(13)1-2-9(10)11(15)3-5-14-6-4-11/h1-2,7,14-15H,3-6H2. The largest absolute Gasteiger partial charge is 0.385 e. The maximum atomic E-state index is 12.9. The highest BCUT2D eigenvalue weighted by Gasteiger charge is 2.32. The molecule has 0 spiro atoms. The maximum Gasteiger partial charge on any atom is 0.124 e. The molecule has 1 aliphatic rings. The molecule has 2 N–H and O–H groups in total. The Balaban J connectivity index is 2.35. The predicted molar refractivity (Wildman–Crippen MR) is 57.4 cm³/mol. The first-order valence-electron chi connectivity index (χ1n) is 5.00. The highest BCUT2D eigenvalue weighted by atomic mass is 35.5. The number of piperidine rings is 1. The number of rotatable bonds is 1. The number of hydrogen-bond donors (Lipinski definition) is 2. The van der Waals surface area contributed by atoms with Gasteiger partial charge in [-0.05, 0) is 38.1 Å². The summed E-state index contributed by atoms with van der Waals surface area (Å²) >= 11 is 5.93. The van der Waals surface area contributed by atoms with Gasteiger partial charge in [0.05, 0.1) is 5.60 Å². The van der Waals surface area contributed by atoms with Crippen LogP contribution in [-0.4, -0.2) is 18.2 Å². The number of aliphatic hydroxyl groups is 1. The SMILES string of the molecule is OC1(c2ccc(F)cc2Cl)CCNCC1. The molecule has 0 bridgehead atoms. The quantitative estimate of drug-likeness (QED) is 0.773. The van der Waals surface area contributed by atoms with Gasteiger partial charge in [0, 0.05) is 10.6 Å². The van der Waals surface area contributed by atoms with Crippen molar-refractivity contribution >= 4 is 11.6 Å². The van der Waals surface area contributed by atoms with Gasteiger partial charge < -0.3 is 10.4 Å². The third-order valence-corrected chi connectivity index (χ3v) is 3.18. The van der Waals surface area contributed by atoms with Crippen LogP contribution in [0.1, 0.15) is 18.4 Å². The van der Waals surface area contributed by atoms with E-state index in [0.29, 0.717) is 23.4 Å². The van der Waals surface area contributed by atoms with Crippen LogP contribution in [0.4, 0.5) is 4.39 Å². The van der Waals surface area contributed by atoms with Crippen molar-refractivity contribution in [2.45, 2.75) is 18.4 Å². The predicted octanol–water partition coefficient (Wildman–Crippen LogP) is 2.05. The molecule has 1 aromatic carbocycles. The molecule has 0 atom stereocenters. The Bertz CT molecular complexity index is 364. The minimum Gasteiger partial charge on any atom is -0.385 e. The lowest BCUT2D eigenvalue weighted by molar-refractivity contribution is 0.00599. The van der Waals surface area contributed by atoms with Crippen molar-refractivity contribution in [3.63, 3.8) is 0 Å². The molecule has 0 amide bonds. The second kappa shape index (κ2) is 4.08. The van der Waals surface area contributed by atoms with Crippen molar-refractivity contribution in [1.29, 1.82) is 0 Å². The maximum absolute atomic E-state index is 12.9. The van der Waals surface area contributed by atoms with E-state index in [9.17, 15) is 9.50 Å². The molecule has 0 radical (unpaired) electrons. The van der Waals surface area contributed by atoms with Gasteiger partial charge in [0.15, 0.2) is 0 Å². The van der Waals surface area contributed by atoms with Gasteiger partial charge in [-0.15, -0.1) is 0 Å². The number of hydrogen-bond acceptors (Lipinski definition) is 2. The van der Waals surface area contributed by atoms with E-state index < -0.39 is 5.60 Å². The Kier molecular flexibility index (Phi) is 2.96. The molecule has 0 aliphatic carbocycles. The molecule has 0 saturated carbocycles. The number of nitrogens with one attached hydrogen (secondary N) is 1. The van der Waals surface area contributed by atoms with Crippen LogP contribution in [0.3, 0.4) is 0 Å². The van der Waals surface area contributed by atoms with Gasteiger partial charge in [-0.2, -0.15) is 0 Å². The normalized spacial score (nSPS) is 20.2. The van der Waals surface area contributed by atoms with E-state index in [4.69, 9.17) is 11.6 Å². The minimum absolute atomic E-state index is 0.305. The molecule has 1 heterocycles. The summed E-state index contributed by atoms with van der Waals surface area (Å²) in [5.41, 5.74) is -0.275. The zero-order valence-electron chi connectivity index (χ0n) is 8.26. The van der Waals surface area contributed by atoms with E-state index in [1.807, 2.05) is 0 Å². The van der Waals surface area contributed by atoms with Gasteiger partial charge in [0.25, 0.3) is 0 Å². The third kappa shape index (κ3) is 2.14. The molecule has 1 fully saturated rings. The van der Waals surface area contributed by atoms with Crippen molar-refractivity contribution in [2.24, 2.45) is 0 Å². The van der Waals surface area contributed by atoms with Crippen LogP contribution < -0.4 is 5.32 Å². The van der Waals surface area contributed by atoms with Crippen LogP contribution in [0.15, 0.2) is 18.2 Å². The van der Waals surface area contributed by atoms with E-state index in [0.717, 1.165) is 13.1 Å². The van der Waals surface area contributed by atoms with Gasteiger partial charge in [-0.3, -0.25) is 0 Å². The van der Waals surface area contributed by atoms with Crippen molar-refractivity contribution in [1.82, 2.24) is 5.32 Å². The summed E-state index contributed by atoms with van der Waals surface area (Å²) in [4.78, 5) is 0. The van der Waals surface area contributed by atoms with Gasteiger partial charge in [-0.1, -0.05) is 17.7 Å². The summed E-state index contributed by atoms with van der Waals surface area (Å²) < 4.78 is 12.9. The molecule has 1 aromatic rings. The van der Waals surface area contributed by atoms with E-state index in [1.165, 1.54) is 12.1 Å². The minimum atomic E-state index is -0.907. The zero-order chi connectivity index (χ0) is 10.9. The summed E-state index contributed by atoms with van der Waals surface area (Å²) in [5.74, 6) is -0.374. The third-order valence-electron chi connectivity index (χ3n) is 2.86. The van der Waals surface area contributed by atoms with E-state index in [2.05, 4.69) is 5.32 Å². The van der Waals surface area contributed by atoms with Crippen LogP contribution in [0, 0.1) is 5.82 Å². The lowest BCUT2D eigenvalue weighted by atomic mass is 9.85. The Morgan fingerprint density at radius 1 is 1.33 bits per heavy atom. The first-order valence-corrected chi connectivity index (χ1v) is 5.38. The lowest BCUT2D eigenvalue weighted by Gasteiger charge is -2.33. The molecular weight excluding hydrogens is 217 g/mol. The van der Waals surface area contributed by atoms with Crippen LogP contribution in [0.5, 0.6) is 0 Å². The Morgan fingerprint density at radius 3 is 2.60 bits per heavy atom. The second-order valence-corrected chi connectivity index (χ2v) is 4.31. The van der Waals surface area contributed by atoms with E-state index in [1.54, 1.807) is 6.07 Å². The molecule has 82 valence electrons. The summed E-state index contributed by atoms with van der Waals surface area (Å²) in [6.07, 6.45) is 1.22. The van der Waals surface area contributed by atoms with Gasteiger partial charge in [0.1, 0.15) is 5.82 Å². The fraction of sp³-hybridized carbons (Fsp3) is 0.455. The molecule has 0 unspecified atom stereocenters. The van der Waals surface area contributed by atoms with E-state index >= 15 is 0 Å². The first kappa shape index (κ1) is 10.9. The zero-order valence-corrected chi connectivity index (χ0v) is 9.02. The molecule has 2 rings (SSSR count). The highest BCUT2D eigenvalue weighted by molar-refractivity contribution is 6.31. The molecule has 1 saturated heterocycles. The van der Waals surface area contributed by atoms with Crippen LogP contribution in [0.25, 0.3) is 0 Å². The van der Waals surface area contributed by atoms with Gasteiger partial charge in [-0.25, -0.2) is 4.39 Å². The smallest absolute Gasteiger partial charge is 0.124 e. The Labute approximate surface area is 93.1 Å². The molecular formula is C11H13ClFNO. The van der Waals surface area contributed by atoms with Crippen molar-refractivity contribution in [2.75, 3.05) is 13.1 Å². The second-order valence-electron chi connectivity index (χ2n) is 3.91. The molecule has 0 aromatic heterocycles.